The molecule has 0 atom stereocenters. The molecular formula is C16H20Cl2N2O2. The molecule has 0 aliphatic rings. The third kappa shape index (κ3) is 5.05. The van der Waals surface area contributed by atoms with Crippen molar-refractivity contribution in [1.82, 2.24) is 10.3 Å². The SMILES string of the molecule is CCOc1cc(CNCc2ccccn2)cc(Cl)c1OC.Cl. The highest BCUT2D eigenvalue weighted by molar-refractivity contribution is 6.32. The lowest BCUT2D eigenvalue weighted by Crippen LogP contribution is -2.13. The van der Waals surface area contributed by atoms with E-state index in [0.717, 1.165) is 11.3 Å². The van der Waals surface area contributed by atoms with Crippen molar-refractivity contribution < 1.29 is 9.47 Å². The van der Waals surface area contributed by atoms with Gasteiger partial charge in [-0.2, -0.15) is 0 Å². The Morgan fingerprint density at radius 3 is 2.68 bits per heavy atom. The number of hydrogen-bond donors (Lipinski definition) is 1. The predicted molar refractivity (Wildman–Crippen MR) is 91.2 cm³/mol. The molecule has 6 heteroatoms. The molecule has 0 aliphatic carbocycles. The molecule has 1 aromatic heterocycles. The van der Waals surface area contributed by atoms with Crippen molar-refractivity contribution in [3.63, 3.8) is 0 Å². The normalized spacial score (nSPS) is 9.95. The number of hydrogen-bond acceptors (Lipinski definition) is 4. The topological polar surface area (TPSA) is 43.4 Å². The van der Waals surface area contributed by atoms with Crippen LogP contribution in [-0.4, -0.2) is 18.7 Å². The zero-order valence-corrected chi connectivity index (χ0v) is 14.2. The number of nitrogens with one attached hydrogen (secondary N) is 1. The monoisotopic (exact) mass is 342 g/mol. The van der Waals surface area contributed by atoms with Crippen LogP contribution in [0.2, 0.25) is 5.02 Å². The summed E-state index contributed by atoms with van der Waals surface area (Å²) in [7, 11) is 1.59. The molecule has 1 heterocycles. The predicted octanol–water partition coefficient (Wildman–Crippen LogP) is 3.85. The average Bonchev–Trinajstić information content (AvgIpc) is 2.48. The number of pyridine rings is 1. The van der Waals surface area contributed by atoms with Gasteiger partial charge in [0.05, 0.1) is 24.4 Å². The first-order valence-electron chi connectivity index (χ1n) is 6.84. The van der Waals surface area contributed by atoms with Crippen LogP contribution in [0.25, 0.3) is 0 Å². The summed E-state index contributed by atoms with van der Waals surface area (Å²) in [6.45, 7) is 3.88. The Morgan fingerprint density at radius 1 is 1.23 bits per heavy atom. The quantitative estimate of drug-likeness (QED) is 0.829. The van der Waals surface area contributed by atoms with E-state index in [0.29, 0.717) is 36.2 Å². The minimum absolute atomic E-state index is 0. The minimum Gasteiger partial charge on any atom is -0.491 e. The summed E-state index contributed by atoms with van der Waals surface area (Å²) in [4.78, 5) is 4.27. The maximum Gasteiger partial charge on any atom is 0.179 e. The van der Waals surface area contributed by atoms with E-state index >= 15 is 0 Å². The van der Waals surface area contributed by atoms with Crippen LogP contribution in [0, 0.1) is 0 Å². The Balaban J connectivity index is 0.00000242. The lowest BCUT2D eigenvalue weighted by molar-refractivity contribution is 0.310. The summed E-state index contributed by atoms with van der Waals surface area (Å²) < 4.78 is 10.8. The third-order valence-corrected chi connectivity index (χ3v) is 3.22. The second-order valence-electron chi connectivity index (χ2n) is 4.47. The van der Waals surface area contributed by atoms with Crippen molar-refractivity contribution in [3.8, 4) is 11.5 Å². The fourth-order valence-corrected chi connectivity index (χ4v) is 2.33. The molecule has 4 nitrogen and oxygen atoms in total. The van der Waals surface area contributed by atoms with Gasteiger partial charge < -0.3 is 14.8 Å². The van der Waals surface area contributed by atoms with Crippen molar-refractivity contribution in [3.05, 3.63) is 52.8 Å². The first-order valence-corrected chi connectivity index (χ1v) is 7.22. The Morgan fingerprint density at radius 2 is 2.05 bits per heavy atom. The van der Waals surface area contributed by atoms with E-state index in [4.69, 9.17) is 21.1 Å². The largest absolute Gasteiger partial charge is 0.491 e. The van der Waals surface area contributed by atoms with Gasteiger partial charge in [0.1, 0.15) is 0 Å². The fraction of sp³-hybridized carbons (Fsp3) is 0.312. The van der Waals surface area contributed by atoms with E-state index in [2.05, 4.69) is 10.3 Å². The fourth-order valence-electron chi connectivity index (χ4n) is 2.02. The Hall–Kier alpha value is -1.49. The first kappa shape index (κ1) is 18.6. The molecular weight excluding hydrogens is 323 g/mol. The maximum atomic E-state index is 6.22. The van der Waals surface area contributed by atoms with Gasteiger partial charge in [0.15, 0.2) is 11.5 Å². The molecule has 0 amide bonds. The Labute approximate surface area is 142 Å². The summed E-state index contributed by atoms with van der Waals surface area (Å²) in [5.41, 5.74) is 2.04. The summed E-state index contributed by atoms with van der Waals surface area (Å²) in [5, 5.41) is 3.89. The highest BCUT2D eigenvalue weighted by Crippen LogP contribution is 2.36. The molecule has 2 aromatic rings. The average molecular weight is 343 g/mol. The minimum atomic E-state index is 0. The molecule has 0 fully saturated rings. The van der Waals surface area contributed by atoms with E-state index in [1.54, 1.807) is 13.3 Å². The second kappa shape index (κ2) is 9.51. The molecule has 0 unspecified atom stereocenters. The van der Waals surface area contributed by atoms with Gasteiger partial charge in [-0.05, 0) is 36.8 Å². The summed E-state index contributed by atoms with van der Waals surface area (Å²) in [5.74, 6) is 1.24. The van der Waals surface area contributed by atoms with Crippen LogP contribution in [0.1, 0.15) is 18.2 Å². The Kier molecular flexibility index (Phi) is 8.02. The van der Waals surface area contributed by atoms with Gasteiger partial charge in [-0.3, -0.25) is 4.98 Å². The zero-order chi connectivity index (χ0) is 15.1. The zero-order valence-electron chi connectivity index (χ0n) is 12.6. The highest BCUT2D eigenvalue weighted by Gasteiger charge is 2.11. The number of nitrogens with zero attached hydrogens (tertiary/aromatic N) is 1. The van der Waals surface area contributed by atoms with E-state index in [1.807, 2.05) is 37.3 Å². The summed E-state index contributed by atoms with van der Waals surface area (Å²) in [6, 6.07) is 9.69. The molecule has 0 radical (unpaired) electrons. The molecule has 1 aromatic carbocycles. The molecule has 2 rings (SSSR count). The lowest BCUT2D eigenvalue weighted by Gasteiger charge is -2.13. The van der Waals surface area contributed by atoms with Crippen LogP contribution in [0.3, 0.4) is 0 Å². The van der Waals surface area contributed by atoms with Gasteiger partial charge in [-0.1, -0.05) is 17.7 Å². The van der Waals surface area contributed by atoms with Gasteiger partial charge in [-0.25, -0.2) is 0 Å². The second-order valence-corrected chi connectivity index (χ2v) is 4.87. The molecule has 1 N–H and O–H groups in total. The number of ether oxygens (including phenoxy) is 2. The maximum absolute atomic E-state index is 6.22. The van der Waals surface area contributed by atoms with Gasteiger partial charge in [0.25, 0.3) is 0 Å². The smallest absolute Gasteiger partial charge is 0.179 e. The van der Waals surface area contributed by atoms with Crippen molar-refractivity contribution in [2.24, 2.45) is 0 Å². The van der Waals surface area contributed by atoms with Crippen LogP contribution < -0.4 is 14.8 Å². The Bertz CT molecular complexity index is 580. The number of methoxy groups -OCH3 is 1. The van der Waals surface area contributed by atoms with Crippen LogP contribution >= 0.6 is 24.0 Å². The van der Waals surface area contributed by atoms with Crippen molar-refractivity contribution in [2.75, 3.05) is 13.7 Å². The van der Waals surface area contributed by atoms with E-state index in [1.165, 1.54) is 0 Å². The van der Waals surface area contributed by atoms with Gasteiger partial charge >= 0.3 is 0 Å². The molecule has 0 spiro atoms. The molecule has 0 saturated heterocycles. The van der Waals surface area contributed by atoms with E-state index in [9.17, 15) is 0 Å². The lowest BCUT2D eigenvalue weighted by atomic mass is 10.2. The molecule has 120 valence electrons. The van der Waals surface area contributed by atoms with E-state index in [-0.39, 0.29) is 12.4 Å². The van der Waals surface area contributed by atoms with Crippen LogP contribution in [0.4, 0.5) is 0 Å². The van der Waals surface area contributed by atoms with Gasteiger partial charge in [0, 0.05) is 19.3 Å². The van der Waals surface area contributed by atoms with Crippen LogP contribution in [0.5, 0.6) is 11.5 Å². The number of benzene rings is 1. The van der Waals surface area contributed by atoms with Crippen molar-refractivity contribution in [2.45, 2.75) is 20.0 Å². The first-order chi connectivity index (χ1) is 10.2. The van der Waals surface area contributed by atoms with Gasteiger partial charge in [0.2, 0.25) is 0 Å². The number of aromatic nitrogens is 1. The molecule has 0 saturated carbocycles. The van der Waals surface area contributed by atoms with E-state index < -0.39 is 0 Å². The number of rotatable bonds is 7. The van der Waals surface area contributed by atoms with Crippen molar-refractivity contribution in [1.29, 1.82) is 0 Å². The third-order valence-electron chi connectivity index (χ3n) is 2.93. The number of halogens is 2. The van der Waals surface area contributed by atoms with Crippen LogP contribution in [0.15, 0.2) is 36.5 Å². The highest BCUT2D eigenvalue weighted by atomic mass is 35.5. The molecule has 22 heavy (non-hydrogen) atoms. The summed E-state index contributed by atoms with van der Waals surface area (Å²) in [6.07, 6.45) is 1.79. The summed E-state index contributed by atoms with van der Waals surface area (Å²) >= 11 is 6.22. The molecule has 0 bridgehead atoms. The van der Waals surface area contributed by atoms with Crippen LogP contribution in [-0.2, 0) is 13.1 Å². The standard InChI is InChI=1S/C16H19ClN2O2.ClH/c1-3-21-15-9-12(8-14(17)16(15)20-2)10-18-11-13-6-4-5-7-19-13;/h4-9,18H,3,10-11H2,1-2H3;1H. The van der Waals surface area contributed by atoms with Gasteiger partial charge in [-0.15, -0.1) is 12.4 Å². The van der Waals surface area contributed by atoms with Crippen molar-refractivity contribution >= 4 is 24.0 Å². The molecule has 0 aliphatic heterocycles.